The van der Waals surface area contributed by atoms with Crippen molar-refractivity contribution in [1.29, 1.82) is 0 Å². The maximum absolute atomic E-state index is 12.7. The summed E-state index contributed by atoms with van der Waals surface area (Å²) in [6.45, 7) is 3.23. The summed E-state index contributed by atoms with van der Waals surface area (Å²) >= 11 is 5.92. The number of carbonyl (C=O) groups excluding carboxylic acids is 2. The Bertz CT molecular complexity index is 1390. The van der Waals surface area contributed by atoms with Gasteiger partial charge < -0.3 is 9.72 Å². The molecule has 0 aliphatic heterocycles. The van der Waals surface area contributed by atoms with E-state index in [1.165, 1.54) is 10.7 Å². The van der Waals surface area contributed by atoms with Crippen LogP contribution in [0.1, 0.15) is 39.0 Å². The molecule has 2 heterocycles. The van der Waals surface area contributed by atoms with Gasteiger partial charge in [-0.2, -0.15) is 5.10 Å². The summed E-state index contributed by atoms with van der Waals surface area (Å²) in [7, 11) is 0. The van der Waals surface area contributed by atoms with Gasteiger partial charge in [-0.15, -0.1) is 0 Å². The van der Waals surface area contributed by atoms with E-state index in [2.05, 4.69) is 10.1 Å². The number of nitrogens with zero attached hydrogens (tertiary/aromatic N) is 2. The Morgan fingerprint density at radius 1 is 1.16 bits per heavy atom. The van der Waals surface area contributed by atoms with Crippen LogP contribution in [0.25, 0.3) is 16.6 Å². The highest BCUT2D eigenvalue weighted by Gasteiger charge is 2.20. The van der Waals surface area contributed by atoms with Crippen LogP contribution in [-0.4, -0.2) is 33.1 Å². The van der Waals surface area contributed by atoms with E-state index >= 15 is 0 Å². The topological polar surface area (TPSA) is 94.1 Å². The minimum Gasteiger partial charge on any atom is -0.452 e. The lowest BCUT2D eigenvalue weighted by molar-refractivity contribution is 0.0466. The van der Waals surface area contributed by atoms with Crippen molar-refractivity contribution in [3.05, 3.63) is 92.5 Å². The number of aryl methyl sites for hydroxylation is 2. The molecule has 0 radical (unpaired) electrons. The summed E-state index contributed by atoms with van der Waals surface area (Å²) in [6, 6.07) is 13.8. The number of nitrogens with one attached hydrogen (secondary N) is 1. The number of para-hydroxylation sites is 1. The van der Waals surface area contributed by atoms with Crippen LogP contribution >= 0.6 is 11.6 Å². The quantitative estimate of drug-likeness (QED) is 0.350. The van der Waals surface area contributed by atoms with E-state index in [9.17, 15) is 14.4 Å². The second-order valence-electron chi connectivity index (χ2n) is 7.28. The molecule has 7 nitrogen and oxygen atoms in total. The number of hydrogen-bond donors (Lipinski definition) is 1. The van der Waals surface area contributed by atoms with Gasteiger partial charge in [-0.3, -0.25) is 9.59 Å². The molecule has 1 N–H and O–H groups in total. The van der Waals surface area contributed by atoms with E-state index in [0.717, 1.165) is 22.9 Å². The van der Waals surface area contributed by atoms with Crippen LogP contribution in [0.2, 0.25) is 5.02 Å². The molecule has 0 bridgehead atoms. The zero-order valence-corrected chi connectivity index (χ0v) is 18.3. The van der Waals surface area contributed by atoms with Gasteiger partial charge in [0.05, 0.1) is 5.69 Å². The first-order chi connectivity index (χ1) is 15.4. The van der Waals surface area contributed by atoms with E-state index < -0.39 is 23.7 Å². The Morgan fingerprint density at radius 2 is 1.91 bits per heavy atom. The van der Waals surface area contributed by atoms with Crippen LogP contribution in [-0.2, 0) is 11.2 Å². The van der Waals surface area contributed by atoms with Crippen LogP contribution in [0.3, 0.4) is 0 Å². The molecular formula is C24H20ClN3O4. The minimum absolute atomic E-state index is 0.372. The van der Waals surface area contributed by atoms with Crippen LogP contribution < -0.4 is 5.43 Å². The molecule has 0 unspecified atom stereocenters. The molecule has 4 rings (SSSR count). The predicted molar refractivity (Wildman–Crippen MR) is 122 cm³/mol. The first-order valence-electron chi connectivity index (χ1n) is 10.0. The number of benzene rings is 2. The number of rotatable bonds is 6. The van der Waals surface area contributed by atoms with Crippen molar-refractivity contribution in [2.24, 2.45) is 0 Å². The van der Waals surface area contributed by atoms with Crippen molar-refractivity contribution in [1.82, 2.24) is 14.8 Å². The summed E-state index contributed by atoms with van der Waals surface area (Å²) in [6.07, 6.45) is 2.43. The average Bonchev–Trinajstić information content (AvgIpc) is 3.22. The highest BCUT2D eigenvalue weighted by molar-refractivity contribution is 6.30. The van der Waals surface area contributed by atoms with Gasteiger partial charge in [0.2, 0.25) is 16.9 Å². The number of H-pyrrole nitrogens is 1. The van der Waals surface area contributed by atoms with Crippen molar-refractivity contribution >= 4 is 34.3 Å². The molecular weight excluding hydrogens is 430 g/mol. The maximum atomic E-state index is 12.7. The first kappa shape index (κ1) is 21.5. The Balaban J connectivity index is 1.56. The highest BCUT2D eigenvalue weighted by atomic mass is 35.5. The Labute approximate surface area is 188 Å². The third-order valence-corrected chi connectivity index (χ3v) is 5.44. The van der Waals surface area contributed by atoms with E-state index in [1.54, 1.807) is 37.4 Å². The number of carbonyl (C=O) groups is 2. The van der Waals surface area contributed by atoms with Crippen molar-refractivity contribution in [3.63, 3.8) is 0 Å². The van der Waals surface area contributed by atoms with Gasteiger partial charge in [0.15, 0.2) is 6.61 Å². The number of aromatic nitrogens is 3. The largest absolute Gasteiger partial charge is 0.452 e. The normalized spacial score (nSPS) is 11.0. The molecule has 0 atom stereocenters. The van der Waals surface area contributed by atoms with Crippen LogP contribution in [0.15, 0.2) is 59.5 Å². The van der Waals surface area contributed by atoms with Crippen LogP contribution in [0.5, 0.6) is 0 Å². The third kappa shape index (κ3) is 4.07. The molecule has 8 heteroatoms. The highest BCUT2D eigenvalue weighted by Crippen LogP contribution is 2.22. The zero-order valence-electron chi connectivity index (χ0n) is 17.5. The number of esters is 1. The Morgan fingerprint density at radius 3 is 2.62 bits per heavy atom. The number of aromatic amines is 1. The van der Waals surface area contributed by atoms with Gasteiger partial charge >= 0.3 is 5.97 Å². The predicted octanol–water partition coefficient (Wildman–Crippen LogP) is 4.28. The van der Waals surface area contributed by atoms with Crippen molar-refractivity contribution in [2.45, 2.75) is 20.3 Å². The fourth-order valence-corrected chi connectivity index (χ4v) is 3.68. The second-order valence-corrected chi connectivity index (χ2v) is 7.72. The van der Waals surface area contributed by atoms with Gasteiger partial charge in [-0.05, 0) is 43.2 Å². The summed E-state index contributed by atoms with van der Waals surface area (Å²) in [4.78, 5) is 40.7. The number of hydrogen-bond acceptors (Lipinski definition) is 5. The lowest BCUT2D eigenvalue weighted by atomic mass is 10.1. The first-order valence-corrected chi connectivity index (χ1v) is 10.4. The van der Waals surface area contributed by atoms with E-state index in [4.69, 9.17) is 16.3 Å². The summed E-state index contributed by atoms with van der Waals surface area (Å²) in [5.74, 6) is -1.33. The molecule has 32 heavy (non-hydrogen) atoms. The molecule has 0 saturated carbocycles. The van der Waals surface area contributed by atoms with E-state index in [0.29, 0.717) is 22.0 Å². The number of ether oxygens (including phenoxy) is 1. The summed E-state index contributed by atoms with van der Waals surface area (Å²) < 4.78 is 6.60. The number of ketones is 1. The van der Waals surface area contributed by atoms with E-state index in [-0.39, 0.29) is 5.78 Å². The molecule has 0 saturated heterocycles. The fraction of sp³-hybridized carbons (Fsp3) is 0.167. The third-order valence-electron chi connectivity index (χ3n) is 5.19. The number of fused-ring (bicyclic) bond motifs is 1. The monoisotopic (exact) mass is 449 g/mol. The number of Topliss-reactive ketones (excluding diaryl/α,β-unsaturated/α-hetero) is 1. The van der Waals surface area contributed by atoms with Crippen molar-refractivity contribution in [3.8, 4) is 5.69 Å². The number of halogens is 1. The van der Waals surface area contributed by atoms with E-state index in [1.807, 2.05) is 25.1 Å². The lowest BCUT2D eigenvalue weighted by Crippen LogP contribution is -2.25. The summed E-state index contributed by atoms with van der Waals surface area (Å²) in [5.41, 5.74) is 2.59. The molecule has 0 fully saturated rings. The Kier molecular flexibility index (Phi) is 5.92. The minimum atomic E-state index is -0.958. The molecule has 4 aromatic rings. The van der Waals surface area contributed by atoms with Gasteiger partial charge in [-0.25, -0.2) is 9.48 Å². The van der Waals surface area contributed by atoms with Gasteiger partial charge in [0.1, 0.15) is 0 Å². The van der Waals surface area contributed by atoms with Crippen LogP contribution in [0.4, 0.5) is 0 Å². The molecule has 2 aromatic carbocycles. The molecule has 0 amide bonds. The smallest absolute Gasteiger partial charge is 0.363 e. The standard InChI is InChI=1S/C24H20ClN3O4/c1-3-15-5-4-6-18-19(12-26-22(15)18)21(30)13-32-24(31)23-20(29)11-14(2)28(27-23)17-9-7-16(25)8-10-17/h4-12,26H,3,13H2,1-2H3. The Hall–Kier alpha value is -3.71. The van der Waals surface area contributed by atoms with Gasteiger partial charge in [0.25, 0.3) is 0 Å². The molecule has 162 valence electrons. The summed E-state index contributed by atoms with van der Waals surface area (Å²) in [5, 5.41) is 5.47. The van der Waals surface area contributed by atoms with Crippen molar-refractivity contribution < 1.29 is 14.3 Å². The maximum Gasteiger partial charge on any atom is 0.363 e. The van der Waals surface area contributed by atoms with Crippen molar-refractivity contribution in [2.75, 3.05) is 6.61 Å². The molecule has 0 spiro atoms. The van der Waals surface area contributed by atoms with Gasteiger partial charge in [-0.1, -0.05) is 36.7 Å². The fourth-order valence-electron chi connectivity index (χ4n) is 3.55. The average molecular weight is 450 g/mol. The molecule has 0 aliphatic rings. The molecule has 2 aromatic heterocycles. The lowest BCUT2D eigenvalue weighted by Gasteiger charge is -2.11. The SMILES string of the molecule is CCc1cccc2c(C(=O)COC(=O)c3nn(-c4ccc(Cl)cc4)c(C)cc3=O)c[nH]c12. The zero-order chi connectivity index (χ0) is 22.8. The van der Waals surface area contributed by atoms with Crippen LogP contribution in [0, 0.1) is 6.92 Å². The molecule has 0 aliphatic carbocycles. The second kappa shape index (κ2) is 8.80. The van der Waals surface area contributed by atoms with Gasteiger partial charge in [0, 0.05) is 39.4 Å².